The minimum absolute atomic E-state index is 0.154. The van der Waals surface area contributed by atoms with Crippen molar-refractivity contribution in [2.75, 3.05) is 0 Å². The van der Waals surface area contributed by atoms with Crippen molar-refractivity contribution in [3.05, 3.63) is 47.9 Å². The van der Waals surface area contributed by atoms with E-state index >= 15 is 0 Å². The summed E-state index contributed by atoms with van der Waals surface area (Å²) in [6.45, 7) is 0.482. The molecule has 3 heterocycles. The summed E-state index contributed by atoms with van der Waals surface area (Å²) < 4.78 is 3.43. The lowest BCUT2D eigenvalue weighted by Gasteiger charge is -2.06. The number of fused-ring (bicyclic) bond motifs is 1. The van der Waals surface area contributed by atoms with Crippen LogP contribution in [0.1, 0.15) is 16.1 Å². The number of nitrogens with zero attached hydrogens (tertiary/aromatic N) is 5. The van der Waals surface area contributed by atoms with Gasteiger partial charge in [0.1, 0.15) is 0 Å². The van der Waals surface area contributed by atoms with E-state index in [-0.39, 0.29) is 5.91 Å². The van der Waals surface area contributed by atoms with E-state index in [0.717, 1.165) is 5.69 Å². The van der Waals surface area contributed by atoms with E-state index < -0.39 is 0 Å². The molecule has 7 nitrogen and oxygen atoms in total. The van der Waals surface area contributed by atoms with Crippen LogP contribution in [0.25, 0.3) is 5.65 Å². The second kappa shape index (κ2) is 4.52. The average Bonchev–Trinajstić information content (AvgIpc) is 3.03. The van der Waals surface area contributed by atoms with Gasteiger partial charge in [0.2, 0.25) is 0 Å². The van der Waals surface area contributed by atoms with Gasteiger partial charge in [0.05, 0.1) is 12.1 Å². The van der Waals surface area contributed by atoms with Gasteiger partial charge in [-0.3, -0.25) is 4.79 Å². The molecule has 7 heteroatoms. The van der Waals surface area contributed by atoms with Crippen LogP contribution in [-0.2, 0) is 13.6 Å². The molecule has 0 spiro atoms. The first-order chi connectivity index (χ1) is 9.24. The number of pyridine rings is 1. The third-order valence-electron chi connectivity index (χ3n) is 2.94. The van der Waals surface area contributed by atoms with Gasteiger partial charge in [-0.1, -0.05) is 0 Å². The van der Waals surface area contributed by atoms with E-state index in [0.29, 0.717) is 17.8 Å². The first kappa shape index (κ1) is 11.4. The Balaban J connectivity index is 1.74. The number of tetrazole rings is 1. The topological polar surface area (TPSA) is 77.1 Å². The normalized spacial score (nSPS) is 10.8. The second-order valence-electron chi connectivity index (χ2n) is 4.19. The van der Waals surface area contributed by atoms with Gasteiger partial charge in [0, 0.05) is 25.1 Å². The van der Waals surface area contributed by atoms with Crippen LogP contribution >= 0.6 is 0 Å². The molecular weight excluding hydrogens is 244 g/mol. The second-order valence-corrected chi connectivity index (χ2v) is 4.19. The number of hydrogen-bond donors (Lipinski definition) is 1. The van der Waals surface area contributed by atoms with Crippen molar-refractivity contribution in [1.82, 2.24) is 29.9 Å². The summed E-state index contributed by atoms with van der Waals surface area (Å²) in [7, 11) is 1.94. The van der Waals surface area contributed by atoms with Crippen molar-refractivity contribution in [3.63, 3.8) is 0 Å². The predicted octanol–water partition coefficient (Wildman–Crippen LogP) is 0.393. The van der Waals surface area contributed by atoms with Crippen molar-refractivity contribution in [1.29, 1.82) is 0 Å². The van der Waals surface area contributed by atoms with E-state index in [2.05, 4.69) is 20.8 Å². The van der Waals surface area contributed by atoms with Gasteiger partial charge in [-0.2, -0.15) is 4.52 Å². The van der Waals surface area contributed by atoms with Gasteiger partial charge in [-0.05, 0) is 34.7 Å². The number of carbonyl (C=O) groups is 1. The molecule has 1 N–H and O–H groups in total. The monoisotopic (exact) mass is 256 g/mol. The van der Waals surface area contributed by atoms with Crippen LogP contribution in [0.2, 0.25) is 0 Å². The Labute approximate surface area is 108 Å². The standard InChI is InChI=1S/C12H12N6O/c1-17-6-2-3-10(17)7-13-12(19)9-4-5-11-14-15-16-18(11)8-9/h2-6,8H,7H2,1H3,(H,13,19). The minimum Gasteiger partial charge on any atom is -0.353 e. The van der Waals surface area contributed by atoms with Gasteiger partial charge in [-0.25, -0.2) is 0 Å². The Bertz CT molecular complexity index is 728. The highest BCUT2D eigenvalue weighted by atomic mass is 16.1. The molecule has 0 aliphatic heterocycles. The molecule has 3 aromatic heterocycles. The maximum absolute atomic E-state index is 12.0. The highest BCUT2D eigenvalue weighted by molar-refractivity contribution is 5.94. The zero-order chi connectivity index (χ0) is 13.2. The molecule has 1 amide bonds. The maximum atomic E-state index is 12.0. The third kappa shape index (κ3) is 2.17. The van der Waals surface area contributed by atoms with E-state index in [1.165, 1.54) is 4.52 Å². The largest absolute Gasteiger partial charge is 0.353 e. The molecule has 0 fully saturated rings. The van der Waals surface area contributed by atoms with E-state index in [9.17, 15) is 4.79 Å². The molecule has 0 aliphatic carbocycles. The number of aromatic nitrogens is 5. The molecule has 3 rings (SSSR count). The Morgan fingerprint density at radius 3 is 3.05 bits per heavy atom. The van der Waals surface area contributed by atoms with Gasteiger partial charge in [0.15, 0.2) is 5.65 Å². The highest BCUT2D eigenvalue weighted by Gasteiger charge is 2.08. The molecule has 0 radical (unpaired) electrons. The number of nitrogens with one attached hydrogen (secondary N) is 1. The number of carbonyl (C=O) groups excluding carboxylic acids is 1. The number of hydrogen-bond acceptors (Lipinski definition) is 4. The Morgan fingerprint density at radius 2 is 2.26 bits per heavy atom. The molecule has 0 aromatic carbocycles. The van der Waals surface area contributed by atoms with Crippen LogP contribution in [0.15, 0.2) is 36.7 Å². The molecule has 19 heavy (non-hydrogen) atoms. The first-order valence-electron chi connectivity index (χ1n) is 5.80. The van der Waals surface area contributed by atoms with Crippen molar-refractivity contribution in [2.45, 2.75) is 6.54 Å². The molecule has 0 saturated carbocycles. The predicted molar refractivity (Wildman–Crippen MR) is 67.4 cm³/mol. The first-order valence-corrected chi connectivity index (χ1v) is 5.80. The van der Waals surface area contributed by atoms with Gasteiger partial charge in [0.25, 0.3) is 5.91 Å². The average molecular weight is 256 g/mol. The van der Waals surface area contributed by atoms with Crippen LogP contribution in [0.5, 0.6) is 0 Å². The third-order valence-corrected chi connectivity index (χ3v) is 2.94. The Morgan fingerprint density at radius 1 is 1.37 bits per heavy atom. The van der Waals surface area contributed by atoms with Gasteiger partial charge < -0.3 is 9.88 Å². The van der Waals surface area contributed by atoms with E-state index in [1.807, 2.05) is 29.9 Å². The van der Waals surface area contributed by atoms with Crippen LogP contribution in [0.4, 0.5) is 0 Å². The molecule has 0 unspecified atom stereocenters. The fraction of sp³-hybridized carbons (Fsp3) is 0.167. The number of amides is 1. The summed E-state index contributed by atoms with van der Waals surface area (Å²) in [5, 5.41) is 13.9. The van der Waals surface area contributed by atoms with Crippen molar-refractivity contribution >= 4 is 11.6 Å². The minimum atomic E-state index is -0.154. The Hall–Kier alpha value is -2.70. The van der Waals surface area contributed by atoms with Crippen LogP contribution in [0.3, 0.4) is 0 Å². The summed E-state index contributed by atoms with van der Waals surface area (Å²) in [4.78, 5) is 12.0. The van der Waals surface area contributed by atoms with Crippen LogP contribution < -0.4 is 5.32 Å². The van der Waals surface area contributed by atoms with Gasteiger partial charge in [-0.15, -0.1) is 5.10 Å². The van der Waals surface area contributed by atoms with Crippen LogP contribution in [0, 0.1) is 0 Å². The number of rotatable bonds is 3. The molecule has 96 valence electrons. The maximum Gasteiger partial charge on any atom is 0.253 e. The highest BCUT2D eigenvalue weighted by Crippen LogP contribution is 2.03. The lowest BCUT2D eigenvalue weighted by atomic mass is 10.2. The van der Waals surface area contributed by atoms with Crippen molar-refractivity contribution in [3.8, 4) is 0 Å². The Kier molecular flexibility index (Phi) is 2.71. The quantitative estimate of drug-likeness (QED) is 0.735. The van der Waals surface area contributed by atoms with Gasteiger partial charge >= 0.3 is 0 Å². The summed E-state index contributed by atoms with van der Waals surface area (Å²) in [5.41, 5.74) is 2.17. The van der Waals surface area contributed by atoms with Crippen molar-refractivity contribution < 1.29 is 4.79 Å². The zero-order valence-electron chi connectivity index (χ0n) is 10.3. The summed E-state index contributed by atoms with van der Waals surface area (Å²) in [5.74, 6) is -0.154. The van der Waals surface area contributed by atoms with Crippen molar-refractivity contribution in [2.24, 2.45) is 7.05 Å². The smallest absolute Gasteiger partial charge is 0.253 e. The summed E-state index contributed by atoms with van der Waals surface area (Å²) in [6, 6.07) is 7.31. The summed E-state index contributed by atoms with van der Waals surface area (Å²) in [6.07, 6.45) is 3.55. The molecule has 0 bridgehead atoms. The van der Waals surface area contributed by atoms with E-state index in [1.54, 1.807) is 18.3 Å². The summed E-state index contributed by atoms with van der Waals surface area (Å²) >= 11 is 0. The molecular formula is C12H12N6O. The van der Waals surface area contributed by atoms with Crippen LogP contribution in [-0.4, -0.2) is 30.5 Å². The SMILES string of the molecule is Cn1cccc1CNC(=O)c1ccc2nnnn2c1. The lowest BCUT2D eigenvalue weighted by Crippen LogP contribution is -2.24. The molecule has 0 atom stereocenters. The molecule has 0 saturated heterocycles. The fourth-order valence-corrected chi connectivity index (χ4v) is 1.83. The molecule has 0 aliphatic rings. The molecule has 3 aromatic rings. The van der Waals surface area contributed by atoms with E-state index in [4.69, 9.17) is 0 Å². The fourth-order valence-electron chi connectivity index (χ4n) is 1.83. The zero-order valence-corrected chi connectivity index (χ0v) is 10.3. The number of aryl methyl sites for hydroxylation is 1. The lowest BCUT2D eigenvalue weighted by molar-refractivity contribution is 0.0949.